The first-order valence-electron chi connectivity index (χ1n) is 6.43. The van der Waals surface area contributed by atoms with Crippen molar-refractivity contribution in [2.45, 2.75) is 19.8 Å². The minimum atomic E-state index is 0.0754. The van der Waals surface area contributed by atoms with Gasteiger partial charge in [-0.25, -0.2) is 9.97 Å². The van der Waals surface area contributed by atoms with Gasteiger partial charge in [0.2, 0.25) is 5.91 Å². The molecule has 2 heterocycles. The summed E-state index contributed by atoms with van der Waals surface area (Å²) in [6.07, 6.45) is 3.73. The SMILES string of the molecule is CNc1nc(C)cc2cc(NC(=O)C3CC3)ncc12. The van der Waals surface area contributed by atoms with Crippen LogP contribution in [0.25, 0.3) is 10.8 Å². The van der Waals surface area contributed by atoms with Gasteiger partial charge in [-0.3, -0.25) is 4.79 Å². The molecule has 0 bridgehead atoms. The Kier molecular flexibility index (Phi) is 2.81. The molecule has 1 fully saturated rings. The topological polar surface area (TPSA) is 66.9 Å². The van der Waals surface area contributed by atoms with Crippen LogP contribution in [0.4, 0.5) is 11.6 Å². The molecule has 98 valence electrons. The van der Waals surface area contributed by atoms with Gasteiger partial charge in [0.05, 0.1) is 0 Å². The molecule has 0 atom stereocenters. The van der Waals surface area contributed by atoms with Crippen LogP contribution in [0.5, 0.6) is 0 Å². The second-order valence-electron chi connectivity index (χ2n) is 4.92. The number of carbonyl (C=O) groups is 1. The average molecular weight is 256 g/mol. The van der Waals surface area contributed by atoms with Gasteiger partial charge in [0.15, 0.2) is 0 Å². The Labute approximate surface area is 111 Å². The summed E-state index contributed by atoms with van der Waals surface area (Å²) in [5, 5.41) is 7.90. The van der Waals surface area contributed by atoms with Crippen molar-refractivity contribution >= 4 is 28.3 Å². The molecule has 0 radical (unpaired) electrons. The molecule has 1 amide bonds. The van der Waals surface area contributed by atoms with Gasteiger partial charge in [0, 0.05) is 30.2 Å². The Bertz CT molecular complexity index is 649. The number of rotatable bonds is 3. The first-order valence-corrected chi connectivity index (χ1v) is 6.43. The number of anilines is 2. The van der Waals surface area contributed by atoms with E-state index in [1.165, 1.54) is 0 Å². The first kappa shape index (κ1) is 11.9. The molecule has 19 heavy (non-hydrogen) atoms. The Hall–Kier alpha value is -2.17. The number of nitrogens with zero attached hydrogens (tertiary/aromatic N) is 2. The predicted molar refractivity (Wildman–Crippen MR) is 75.2 cm³/mol. The summed E-state index contributed by atoms with van der Waals surface area (Å²) < 4.78 is 0. The molecule has 0 saturated heterocycles. The monoisotopic (exact) mass is 256 g/mol. The van der Waals surface area contributed by atoms with Crippen LogP contribution in [0.15, 0.2) is 18.3 Å². The number of carbonyl (C=O) groups excluding carboxylic acids is 1. The van der Waals surface area contributed by atoms with E-state index in [2.05, 4.69) is 20.6 Å². The summed E-state index contributed by atoms with van der Waals surface area (Å²) in [6.45, 7) is 1.95. The minimum Gasteiger partial charge on any atom is -0.373 e. The van der Waals surface area contributed by atoms with E-state index in [-0.39, 0.29) is 11.8 Å². The quantitative estimate of drug-likeness (QED) is 0.884. The lowest BCUT2D eigenvalue weighted by Crippen LogP contribution is -2.14. The molecule has 1 aliphatic rings. The summed E-state index contributed by atoms with van der Waals surface area (Å²) in [4.78, 5) is 20.4. The molecule has 2 N–H and O–H groups in total. The van der Waals surface area contributed by atoms with Crippen LogP contribution in [-0.4, -0.2) is 22.9 Å². The maximum absolute atomic E-state index is 11.7. The lowest BCUT2D eigenvalue weighted by molar-refractivity contribution is -0.117. The van der Waals surface area contributed by atoms with Crippen molar-refractivity contribution < 1.29 is 4.79 Å². The van der Waals surface area contributed by atoms with Crippen LogP contribution in [0.2, 0.25) is 0 Å². The molecular weight excluding hydrogens is 240 g/mol. The Morgan fingerprint density at radius 2 is 2.16 bits per heavy atom. The Balaban J connectivity index is 1.97. The molecule has 3 rings (SSSR count). The maximum Gasteiger partial charge on any atom is 0.228 e. The zero-order chi connectivity index (χ0) is 13.4. The molecule has 0 unspecified atom stereocenters. The van der Waals surface area contributed by atoms with E-state index in [9.17, 15) is 4.79 Å². The van der Waals surface area contributed by atoms with E-state index in [1.54, 1.807) is 6.20 Å². The van der Waals surface area contributed by atoms with E-state index >= 15 is 0 Å². The van der Waals surface area contributed by atoms with Crippen LogP contribution in [0.3, 0.4) is 0 Å². The summed E-state index contributed by atoms with van der Waals surface area (Å²) in [7, 11) is 1.84. The predicted octanol–water partition coefficient (Wildman–Crippen LogP) is 2.33. The highest BCUT2D eigenvalue weighted by atomic mass is 16.2. The van der Waals surface area contributed by atoms with E-state index in [1.807, 2.05) is 26.1 Å². The van der Waals surface area contributed by atoms with Gasteiger partial charge in [-0.1, -0.05) is 0 Å². The summed E-state index contributed by atoms with van der Waals surface area (Å²) in [5.74, 6) is 1.68. The van der Waals surface area contributed by atoms with Gasteiger partial charge in [0.1, 0.15) is 11.6 Å². The smallest absolute Gasteiger partial charge is 0.228 e. The van der Waals surface area contributed by atoms with Crippen molar-refractivity contribution in [1.29, 1.82) is 0 Å². The standard InChI is InChI=1S/C14H16N4O/c1-8-5-10-6-12(18-14(19)9-3-4-9)16-7-11(10)13(15-2)17-8/h5-7,9H,3-4H2,1-2H3,(H,15,17)(H,16,18,19). The summed E-state index contributed by atoms with van der Waals surface area (Å²) >= 11 is 0. The highest BCUT2D eigenvalue weighted by molar-refractivity contribution is 5.97. The molecule has 0 spiro atoms. The molecule has 1 saturated carbocycles. The number of hydrogen-bond donors (Lipinski definition) is 2. The van der Waals surface area contributed by atoms with Crippen molar-refractivity contribution in [2.24, 2.45) is 5.92 Å². The van der Waals surface area contributed by atoms with Gasteiger partial charge in [-0.2, -0.15) is 0 Å². The number of aryl methyl sites for hydroxylation is 1. The minimum absolute atomic E-state index is 0.0754. The van der Waals surface area contributed by atoms with E-state index < -0.39 is 0 Å². The number of aromatic nitrogens is 2. The largest absolute Gasteiger partial charge is 0.373 e. The van der Waals surface area contributed by atoms with Crippen molar-refractivity contribution in [1.82, 2.24) is 9.97 Å². The van der Waals surface area contributed by atoms with E-state index in [0.717, 1.165) is 35.1 Å². The van der Waals surface area contributed by atoms with Gasteiger partial charge in [-0.15, -0.1) is 0 Å². The fourth-order valence-corrected chi connectivity index (χ4v) is 2.11. The van der Waals surface area contributed by atoms with Crippen molar-refractivity contribution in [2.75, 3.05) is 17.7 Å². The van der Waals surface area contributed by atoms with E-state index in [0.29, 0.717) is 5.82 Å². The molecular formula is C14H16N4O. The molecule has 5 heteroatoms. The number of pyridine rings is 2. The molecule has 5 nitrogen and oxygen atoms in total. The highest BCUT2D eigenvalue weighted by Crippen LogP contribution is 2.30. The average Bonchev–Trinajstić information content (AvgIpc) is 3.21. The van der Waals surface area contributed by atoms with Crippen molar-refractivity contribution in [3.05, 3.63) is 24.0 Å². The Morgan fingerprint density at radius 3 is 2.84 bits per heavy atom. The number of nitrogens with one attached hydrogen (secondary N) is 2. The van der Waals surface area contributed by atoms with Crippen LogP contribution in [0, 0.1) is 12.8 Å². The lowest BCUT2D eigenvalue weighted by atomic mass is 10.2. The van der Waals surface area contributed by atoms with Crippen molar-refractivity contribution in [3.8, 4) is 0 Å². The number of amides is 1. The first-order chi connectivity index (χ1) is 9.17. The second-order valence-corrected chi connectivity index (χ2v) is 4.92. The van der Waals surface area contributed by atoms with Crippen LogP contribution >= 0.6 is 0 Å². The van der Waals surface area contributed by atoms with Gasteiger partial charge < -0.3 is 10.6 Å². The van der Waals surface area contributed by atoms with Crippen LogP contribution in [-0.2, 0) is 4.79 Å². The van der Waals surface area contributed by atoms with Crippen LogP contribution in [0.1, 0.15) is 18.5 Å². The summed E-state index contributed by atoms with van der Waals surface area (Å²) in [5.41, 5.74) is 0.933. The highest BCUT2D eigenvalue weighted by Gasteiger charge is 2.29. The normalized spacial score (nSPS) is 14.4. The third-order valence-electron chi connectivity index (χ3n) is 3.28. The number of fused-ring (bicyclic) bond motifs is 1. The zero-order valence-corrected chi connectivity index (χ0v) is 11.0. The van der Waals surface area contributed by atoms with Gasteiger partial charge in [-0.05, 0) is 37.3 Å². The molecule has 1 aliphatic carbocycles. The third-order valence-corrected chi connectivity index (χ3v) is 3.28. The fraction of sp³-hybridized carbons (Fsp3) is 0.357. The van der Waals surface area contributed by atoms with Crippen LogP contribution < -0.4 is 10.6 Å². The molecule has 2 aromatic rings. The molecule has 2 aromatic heterocycles. The van der Waals surface area contributed by atoms with Gasteiger partial charge in [0.25, 0.3) is 0 Å². The molecule has 0 aliphatic heterocycles. The number of hydrogen-bond acceptors (Lipinski definition) is 4. The van der Waals surface area contributed by atoms with Gasteiger partial charge >= 0.3 is 0 Å². The second kappa shape index (κ2) is 4.50. The van der Waals surface area contributed by atoms with E-state index in [4.69, 9.17) is 0 Å². The van der Waals surface area contributed by atoms with Crippen molar-refractivity contribution in [3.63, 3.8) is 0 Å². The lowest BCUT2D eigenvalue weighted by Gasteiger charge is -2.08. The zero-order valence-electron chi connectivity index (χ0n) is 11.0. The fourth-order valence-electron chi connectivity index (χ4n) is 2.11. The third kappa shape index (κ3) is 2.36. The summed E-state index contributed by atoms with van der Waals surface area (Å²) in [6, 6.07) is 3.88. The maximum atomic E-state index is 11.7. The Morgan fingerprint density at radius 1 is 1.37 bits per heavy atom. The molecule has 0 aromatic carbocycles.